The minimum Gasteiger partial charge on any atom is -0.314 e. The van der Waals surface area contributed by atoms with Gasteiger partial charge >= 0.3 is 0 Å². The highest BCUT2D eigenvalue weighted by Gasteiger charge is 2.47. The number of pyridine rings is 1. The van der Waals surface area contributed by atoms with Gasteiger partial charge in [0.1, 0.15) is 0 Å². The lowest BCUT2D eigenvalue weighted by Crippen LogP contribution is -2.37. The van der Waals surface area contributed by atoms with Gasteiger partial charge in [0, 0.05) is 24.4 Å². The summed E-state index contributed by atoms with van der Waals surface area (Å²) in [6.07, 6.45) is 7.42. The summed E-state index contributed by atoms with van der Waals surface area (Å²) >= 11 is 0. The third kappa shape index (κ3) is 2.52. The highest BCUT2D eigenvalue weighted by Crippen LogP contribution is 2.55. The zero-order valence-corrected chi connectivity index (χ0v) is 10.6. The molecule has 1 heterocycles. The van der Waals surface area contributed by atoms with Crippen molar-refractivity contribution in [2.75, 3.05) is 6.54 Å². The summed E-state index contributed by atoms with van der Waals surface area (Å²) < 4.78 is 0. The smallest absolute Gasteiger partial charge is 0.0419 e. The first-order valence-electron chi connectivity index (χ1n) is 7.00. The van der Waals surface area contributed by atoms with Crippen molar-refractivity contribution in [3.05, 3.63) is 30.1 Å². The molecule has 0 saturated heterocycles. The van der Waals surface area contributed by atoms with E-state index >= 15 is 0 Å². The Hall–Kier alpha value is -0.890. The average Bonchev–Trinajstić information content (AvgIpc) is 2.97. The maximum atomic E-state index is 4.46. The molecule has 2 aliphatic carbocycles. The summed E-state index contributed by atoms with van der Waals surface area (Å²) in [6.45, 7) is 3.28. The van der Waals surface area contributed by atoms with Crippen LogP contribution in [-0.4, -0.2) is 17.6 Å². The summed E-state index contributed by atoms with van der Waals surface area (Å²) in [5.41, 5.74) is 1.24. The van der Waals surface area contributed by atoms with Crippen LogP contribution in [0.15, 0.2) is 24.4 Å². The lowest BCUT2D eigenvalue weighted by Gasteiger charge is -2.25. The highest BCUT2D eigenvalue weighted by molar-refractivity contribution is 5.08. The van der Waals surface area contributed by atoms with Crippen LogP contribution in [0.3, 0.4) is 0 Å². The van der Waals surface area contributed by atoms with Crippen molar-refractivity contribution in [2.45, 2.75) is 38.6 Å². The predicted octanol–water partition coefficient (Wildman–Crippen LogP) is 2.65. The largest absolute Gasteiger partial charge is 0.314 e. The maximum Gasteiger partial charge on any atom is 0.0419 e. The molecule has 3 unspecified atom stereocenters. The van der Waals surface area contributed by atoms with Crippen molar-refractivity contribution in [2.24, 2.45) is 17.8 Å². The molecule has 0 bridgehead atoms. The van der Waals surface area contributed by atoms with Crippen LogP contribution in [0.5, 0.6) is 0 Å². The van der Waals surface area contributed by atoms with Crippen molar-refractivity contribution in [1.82, 2.24) is 10.3 Å². The molecule has 0 aromatic carbocycles. The van der Waals surface area contributed by atoms with Crippen molar-refractivity contribution in [1.29, 1.82) is 0 Å². The second kappa shape index (κ2) is 4.77. The lowest BCUT2D eigenvalue weighted by molar-refractivity contribution is 0.335. The van der Waals surface area contributed by atoms with Crippen molar-refractivity contribution < 1.29 is 0 Å². The molecule has 2 heteroatoms. The summed E-state index contributed by atoms with van der Waals surface area (Å²) in [5, 5.41) is 3.67. The molecule has 2 nitrogen and oxygen atoms in total. The molecule has 3 atom stereocenters. The molecular weight excluding hydrogens is 208 g/mol. The van der Waals surface area contributed by atoms with Gasteiger partial charge in [0.25, 0.3) is 0 Å². The molecular formula is C15H22N2. The van der Waals surface area contributed by atoms with Gasteiger partial charge in [0.05, 0.1) is 0 Å². The molecule has 1 aromatic heterocycles. The number of aromatic nitrogens is 1. The first kappa shape index (κ1) is 11.2. The molecule has 2 fully saturated rings. The molecule has 0 spiro atoms. The van der Waals surface area contributed by atoms with Crippen LogP contribution < -0.4 is 5.32 Å². The zero-order valence-electron chi connectivity index (χ0n) is 10.6. The number of nitrogens with one attached hydrogen (secondary N) is 1. The second-order valence-corrected chi connectivity index (χ2v) is 5.68. The minimum atomic E-state index is 0.641. The molecule has 92 valence electrons. The van der Waals surface area contributed by atoms with Crippen LogP contribution in [0.25, 0.3) is 0 Å². The van der Waals surface area contributed by atoms with Gasteiger partial charge in [-0.2, -0.15) is 0 Å². The fraction of sp³-hybridized carbons (Fsp3) is 0.667. The van der Waals surface area contributed by atoms with Gasteiger partial charge in [-0.1, -0.05) is 13.0 Å². The van der Waals surface area contributed by atoms with Crippen LogP contribution >= 0.6 is 0 Å². The number of hydrogen-bond donors (Lipinski definition) is 1. The second-order valence-electron chi connectivity index (χ2n) is 5.68. The van der Waals surface area contributed by atoms with E-state index in [-0.39, 0.29) is 0 Å². The molecule has 2 aliphatic rings. The van der Waals surface area contributed by atoms with E-state index in [1.165, 1.54) is 25.0 Å². The summed E-state index contributed by atoms with van der Waals surface area (Å²) in [6, 6.07) is 6.89. The third-order valence-electron chi connectivity index (χ3n) is 4.47. The fourth-order valence-corrected chi connectivity index (χ4v) is 3.50. The lowest BCUT2D eigenvalue weighted by atomic mass is 9.91. The van der Waals surface area contributed by atoms with E-state index in [0.717, 1.165) is 30.7 Å². The Morgan fingerprint density at radius 3 is 2.76 bits per heavy atom. The highest BCUT2D eigenvalue weighted by atomic mass is 14.9. The normalized spacial score (nSPS) is 32.2. The van der Waals surface area contributed by atoms with E-state index in [0.29, 0.717) is 6.04 Å². The topological polar surface area (TPSA) is 24.9 Å². The molecule has 17 heavy (non-hydrogen) atoms. The van der Waals surface area contributed by atoms with Crippen LogP contribution in [0, 0.1) is 17.8 Å². The van der Waals surface area contributed by atoms with Gasteiger partial charge in [0.15, 0.2) is 0 Å². The average molecular weight is 230 g/mol. The molecule has 1 aromatic rings. The Labute approximate surface area is 104 Å². The van der Waals surface area contributed by atoms with E-state index in [1.807, 2.05) is 12.3 Å². The number of nitrogens with zero attached hydrogens (tertiary/aromatic N) is 1. The molecule has 0 radical (unpaired) electrons. The molecule has 0 amide bonds. The Morgan fingerprint density at radius 1 is 1.29 bits per heavy atom. The Morgan fingerprint density at radius 2 is 2.12 bits per heavy atom. The maximum absolute atomic E-state index is 4.46. The molecule has 3 rings (SSSR count). The van der Waals surface area contributed by atoms with Gasteiger partial charge in [-0.3, -0.25) is 4.98 Å². The standard InChI is InChI=1S/C15H22N2/c1-2-16-15(10-14-5-3-4-6-17-14)13-8-11-7-12(11)9-13/h3-6,11-13,15-16H,2,7-10H2,1H3. The van der Waals surface area contributed by atoms with Gasteiger partial charge < -0.3 is 5.32 Å². The first-order chi connectivity index (χ1) is 8.36. The number of hydrogen-bond acceptors (Lipinski definition) is 2. The summed E-state index contributed by atoms with van der Waals surface area (Å²) in [7, 11) is 0. The monoisotopic (exact) mass is 230 g/mol. The van der Waals surface area contributed by atoms with E-state index < -0.39 is 0 Å². The van der Waals surface area contributed by atoms with Gasteiger partial charge in [-0.15, -0.1) is 0 Å². The quantitative estimate of drug-likeness (QED) is 0.841. The van der Waals surface area contributed by atoms with Crippen molar-refractivity contribution in [3.63, 3.8) is 0 Å². The van der Waals surface area contributed by atoms with Crippen LogP contribution in [0.2, 0.25) is 0 Å². The summed E-state index contributed by atoms with van der Waals surface area (Å²) in [5.74, 6) is 3.04. The van der Waals surface area contributed by atoms with E-state index in [1.54, 1.807) is 0 Å². The van der Waals surface area contributed by atoms with Gasteiger partial charge in [0.2, 0.25) is 0 Å². The van der Waals surface area contributed by atoms with E-state index in [2.05, 4.69) is 29.4 Å². The Bertz CT molecular complexity index is 352. The van der Waals surface area contributed by atoms with Crippen molar-refractivity contribution >= 4 is 0 Å². The Balaban J connectivity index is 1.63. The predicted molar refractivity (Wildman–Crippen MR) is 69.7 cm³/mol. The molecule has 1 N–H and O–H groups in total. The first-order valence-corrected chi connectivity index (χ1v) is 7.00. The van der Waals surface area contributed by atoms with Crippen molar-refractivity contribution in [3.8, 4) is 0 Å². The number of rotatable bonds is 5. The van der Waals surface area contributed by atoms with Crippen LogP contribution in [-0.2, 0) is 6.42 Å². The molecule has 0 aliphatic heterocycles. The zero-order chi connectivity index (χ0) is 11.7. The van der Waals surface area contributed by atoms with Crippen LogP contribution in [0.4, 0.5) is 0 Å². The minimum absolute atomic E-state index is 0.641. The third-order valence-corrected chi connectivity index (χ3v) is 4.47. The Kier molecular flexibility index (Phi) is 3.15. The van der Waals surface area contributed by atoms with E-state index in [9.17, 15) is 0 Å². The number of fused-ring (bicyclic) bond motifs is 1. The number of likely N-dealkylation sites (N-methyl/N-ethyl adjacent to an activating group) is 1. The van der Waals surface area contributed by atoms with E-state index in [4.69, 9.17) is 0 Å². The fourth-order valence-electron chi connectivity index (χ4n) is 3.50. The van der Waals surface area contributed by atoms with Crippen LogP contribution in [0.1, 0.15) is 31.9 Å². The summed E-state index contributed by atoms with van der Waals surface area (Å²) in [4.78, 5) is 4.46. The van der Waals surface area contributed by atoms with Gasteiger partial charge in [-0.05, 0) is 55.7 Å². The molecule has 2 saturated carbocycles. The van der Waals surface area contributed by atoms with Gasteiger partial charge in [-0.25, -0.2) is 0 Å². The SMILES string of the molecule is CCNC(Cc1ccccn1)C1CC2CC2C1.